The maximum absolute atomic E-state index is 4.46. The van der Waals surface area contributed by atoms with Gasteiger partial charge in [-0.3, -0.25) is 0 Å². The van der Waals surface area contributed by atoms with Crippen LogP contribution in [0.4, 0.5) is 0 Å². The largest absolute Gasteiger partial charge is 0.394 e. The second kappa shape index (κ2) is 8.97. The van der Waals surface area contributed by atoms with Crippen molar-refractivity contribution in [1.29, 1.82) is 0 Å². The SMILES string of the molecule is C=C(CCCC(=C)C1=CC=CC2CC(NC(=C)CC)BCC12)CC1CC1. The van der Waals surface area contributed by atoms with Gasteiger partial charge in [0, 0.05) is 5.70 Å². The van der Waals surface area contributed by atoms with E-state index in [1.807, 2.05) is 0 Å². The molecule has 2 fully saturated rings. The third kappa shape index (κ3) is 5.28. The van der Waals surface area contributed by atoms with Gasteiger partial charge in [-0.2, -0.15) is 0 Å². The van der Waals surface area contributed by atoms with E-state index in [0.29, 0.717) is 17.8 Å². The minimum atomic E-state index is 0.590. The van der Waals surface area contributed by atoms with E-state index >= 15 is 0 Å². The number of hydrogen-bond donors (Lipinski definition) is 1. The Kier molecular flexibility index (Phi) is 6.67. The maximum Gasteiger partial charge on any atom is 0.149 e. The molecule has 1 N–H and O–H groups in total. The van der Waals surface area contributed by atoms with Crippen LogP contribution < -0.4 is 5.32 Å². The van der Waals surface area contributed by atoms with E-state index < -0.39 is 0 Å². The Balaban J connectivity index is 1.46. The lowest BCUT2D eigenvalue weighted by molar-refractivity contribution is 0.401. The van der Waals surface area contributed by atoms with Gasteiger partial charge in [-0.1, -0.05) is 62.4 Å². The van der Waals surface area contributed by atoms with Crippen molar-refractivity contribution in [2.75, 3.05) is 0 Å². The van der Waals surface area contributed by atoms with Crippen molar-refractivity contribution >= 4 is 7.28 Å². The van der Waals surface area contributed by atoms with Crippen molar-refractivity contribution in [1.82, 2.24) is 5.32 Å². The highest BCUT2D eigenvalue weighted by Crippen LogP contribution is 2.40. The van der Waals surface area contributed by atoms with Gasteiger partial charge < -0.3 is 5.32 Å². The fourth-order valence-electron chi connectivity index (χ4n) is 4.66. The van der Waals surface area contributed by atoms with Crippen molar-refractivity contribution in [3.8, 4) is 0 Å². The lowest BCUT2D eigenvalue weighted by atomic mass is 9.51. The molecular formula is C24H36BN. The second-order valence-corrected chi connectivity index (χ2v) is 8.74. The van der Waals surface area contributed by atoms with Crippen LogP contribution in [0, 0.1) is 17.8 Å². The van der Waals surface area contributed by atoms with E-state index in [4.69, 9.17) is 0 Å². The molecule has 3 rings (SSSR count). The molecule has 1 saturated heterocycles. The van der Waals surface area contributed by atoms with Crippen LogP contribution in [0.5, 0.6) is 0 Å². The molecular weight excluding hydrogens is 313 g/mol. The molecule has 0 amide bonds. The van der Waals surface area contributed by atoms with Crippen LogP contribution >= 0.6 is 0 Å². The lowest BCUT2D eigenvalue weighted by Crippen LogP contribution is -2.42. The highest BCUT2D eigenvalue weighted by molar-refractivity contribution is 6.38. The summed E-state index contributed by atoms with van der Waals surface area (Å²) in [5, 5.41) is 3.63. The zero-order valence-electron chi connectivity index (χ0n) is 16.7. The third-order valence-corrected chi connectivity index (χ3v) is 6.46. The van der Waals surface area contributed by atoms with Gasteiger partial charge in [0.05, 0.1) is 0 Å². The van der Waals surface area contributed by atoms with E-state index in [1.54, 1.807) is 0 Å². The molecule has 26 heavy (non-hydrogen) atoms. The predicted molar refractivity (Wildman–Crippen MR) is 117 cm³/mol. The quantitative estimate of drug-likeness (QED) is 0.383. The van der Waals surface area contributed by atoms with Crippen molar-refractivity contribution in [2.45, 2.75) is 70.6 Å². The summed E-state index contributed by atoms with van der Waals surface area (Å²) >= 11 is 0. The van der Waals surface area contributed by atoms with Gasteiger partial charge in [0.25, 0.3) is 0 Å². The maximum atomic E-state index is 4.46. The monoisotopic (exact) mass is 349 g/mol. The number of nitrogens with one attached hydrogen (secondary N) is 1. The van der Waals surface area contributed by atoms with E-state index in [0.717, 1.165) is 18.8 Å². The fourth-order valence-corrected chi connectivity index (χ4v) is 4.66. The van der Waals surface area contributed by atoms with Crippen LogP contribution in [0.25, 0.3) is 0 Å². The fraction of sp³-hybridized carbons (Fsp3) is 0.583. The molecule has 3 aliphatic rings. The van der Waals surface area contributed by atoms with Gasteiger partial charge >= 0.3 is 0 Å². The summed E-state index contributed by atoms with van der Waals surface area (Å²) in [6, 6.07) is 0. The molecule has 3 unspecified atom stereocenters. The molecule has 1 heterocycles. The summed E-state index contributed by atoms with van der Waals surface area (Å²) in [4.78, 5) is 0. The van der Waals surface area contributed by atoms with Crippen LogP contribution in [-0.2, 0) is 0 Å². The lowest BCUT2D eigenvalue weighted by Gasteiger charge is -2.38. The predicted octanol–water partition coefficient (Wildman–Crippen LogP) is 5.90. The molecule has 0 aromatic heterocycles. The average molecular weight is 349 g/mol. The molecule has 1 saturated carbocycles. The average Bonchev–Trinajstić information content (AvgIpc) is 3.44. The normalized spacial score (nSPS) is 27.1. The van der Waals surface area contributed by atoms with Crippen molar-refractivity contribution in [3.63, 3.8) is 0 Å². The summed E-state index contributed by atoms with van der Waals surface area (Å²) in [5.74, 6) is 2.89. The van der Waals surface area contributed by atoms with Gasteiger partial charge in [-0.05, 0) is 80.6 Å². The third-order valence-electron chi connectivity index (χ3n) is 6.46. The molecule has 3 atom stereocenters. The Hall–Kier alpha value is -1.44. The minimum absolute atomic E-state index is 0.590. The summed E-state index contributed by atoms with van der Waals surface area (Å²) in [7, 11) is 1.25. The van der Waals surface area contributed by atoms with Crippen LogP contribution in [-0.4, -0.2) is 13.2 Å². The highest BCUT2D eigenvalue weighted by Gasteiger charge is 2.33. The van der Waals surface area contributed by atoms with Crippen LogP contribution in [0.2, 0.25) is 6.32 Å². The summed E-state index contributed by atoms with van der Waals surface area (Å²) in [6.07, 6.45) is 18.2. The number of fused-ring (bicyclic) bond motifs is 1. The van der Waals surface area contributed by atoms with E-state index in [1.165, 1.54) is 74.5 Å². The van der Waals surface area contributed by atoms with Gasteiger partial charge in [0.1, 0.15) is 7.28 Å². The van der Waals surface area contributed by atoms with E-state index in [-0.39, 0.29) is 0 Å². The Bertz CT molecular complexity index is 608. The highest BCUT2D eigenvalue weighted by atomic mass is 14.9. The summed E-state index contributed by atoms with van der Waals surface area (Å²) < 4.78 is 0. The first-order chi connectivity index (χ1) is 12.6. The van der Waals surface area contributed by atoms with Crippen LogP contribution in [0.15, 0.2) is 60.4 Å². The number of rotatable bonds is 10. The molecule has 0 aromatic rings. The van der Waals surface area contributed by atoms with Crippen molar-refractivity contribution in [3.05, 3.63) is 60.4 Å². The standard InChI is InChI=1S/C24H36BN/c1-5-19(4)26-24-15-21-10-7-11-22(23(21)16-25-24)18(3)9-6-8-17(2)14-20-12-13-20/h7,10-11,20-21,23-26H,2-6,8-9,12-16H2,1H3. The van der Waals surface area contributed by atoms with Gasteiger partial charge in [0.15, 0.2) is 0 Å². The van der Waals surface area contributed by atoms with Crippen molar-refractivity contribution < 1.29 is 0 Å². The van der Waals surface area contributed by atoms with Crippen molar-refractivity contribution in [2.24, 2.45) is 17.8 Å². The molecule has 0 aromatic carbocycles. The molecule has 0 bridgehead atoms. The summed E-state index contributed by atoms with van der Waals surface area (Å²) in [6.45, 7) is 15.0. The molecule has 2 heteroatoms. The molecule has 0 spiro atoms. The Morgan fingerprint density at radius 1 is 1.23 bits per heavy atom. The zero-order valence-corrected chi connectivity index (χ0v) is 16.7. The Morgan fingerprint density at radius 2 is 2.04 bits per heavy atom. The van der Waals surface area contributed by atoms with Gasteiger partial charge in [0.2, 0.25) is 0 Å². The molecule has 140 valence electrons. The zero-order chi connectivity index (χ0) is 18.5. The molecule has 1 nitrogen and oxygen atoms in total. The topological polar surface area (TPSA) is 12.0 Å². The smallest absolute Gasteiger partial charge is 0.149 e. The Labute approximate surface area is 161 Å². The first-order valence-electron chi connectivity index (χ1n) is 10.7. The minimum Gasteiger partial charge on any atom is -0.394 e. The summed E-state index contributed by atoms with van der Waals surface area (Å²) in [5.41, 5.74) is 5.53. The first-order valence-corrected chi connectivity index (χ1v) is 10.7. The van der Waals surface area contributed by atoms with Gasteiger partial charge in [-0.25, -0.2) is 0 Å². The van der Waals surface area contributed by atoms with E-state index in [9.17, 15) is 0 Å². The van der Waals surface area contributed by atoms with Crippen LogP contribution in [0.3, 0.4) is 0 Å². The van der Waals surface area contributed by atoms with Gasteiger partial charge in [-0.15, -0.1) is 0 Å². The number of allylic oxidation sites excluding steroid dienone is 7. The molecule has 0 radical (unpaired) electrons. The van der Waals surface area contributed by atoms with Crippen LogP contribution in [0.1, 0.15) is 58.3 Å². The molecule has 2 aliphatic carbocycles. The second-order valence-electron chi connectivity index (χ2n) is 8.74. The van der Waals surface area contributed by atoms with E-state index in [2.05, 4.69) is 50.2 Å². The molecule has 1 aliphatic heterocycles. The first kappa shape index (κ1) is 19.3. The number of hydrogen-bond acceptors (Lipinski definition) is 1. The Morgan fingerprint density at radius 3 is 2.77 bits per heavy atom.